The summed E-state index contributed by atoms with van der Waals surface area (Å²) in [5, 5.41) is 4.16. The molecule has 2 fully saturated rings. The molecule has 0 radical (unpaired) electrons. The van der Waals surface area contributed by atoms with E-state index in [4.69, 9.17) is 0 Å². The molecule has 2 heterocycles. The topological polar surface area (TPSA) is 58.4 Å². The van der Waals surface area contributed by atoms with E-state index in [1.807, 2.05) is 23.1 Å². The average molecular weight is 352 g/mol. The number of aromatic nitrogens is 2. The molecule has 0 spiro atoms. The van der Waals surface area contributed by atoms with Crippen LogP contribution < -0.4 is 5.56 Å². The molecule has 1 aliphatic heterocycles. The highest BCUT2D eigenvalue weighted by atomic mass is 16.2. The third-order valence-electron chi connectivity index (χ3n) is 5.33. The number of carbonyl (C=O) groups is 1. The lowest BCUT2D eigenvalue weighted by Gasteiger charge is -2.41. The second-order valence-electron chi connectivity index (χ2n) is 7.25. The van der Waals surface area contributed by atoms with Gasteiger partial charge < -0.3 is 4.90 Å². The Labute approximate surface area is 153 Å². The summed E-state index contributed by atoms with van der Waals surface area (Å²) < 4.78 is 1.22. The third kappa shape index (κ3) is 3.55. The van der Waals surface area contributed by atoms with Crippen molar-refractivity contribution in [3.63, 3.8) is 0 Å². The van der Waals surface area contributed by atoms with Crippen LogP contribution in [0.2, 0.25) is 0 Å². The van der Waals surface area contributed by atoms with Gasteiger partial charge in [-0.25, -0.2) is 4.68 Å². The molecular formula is C20H24N4O2. The molecule has 0 N–H and O–H groups in total. The molecule has 1 atom stereocenters. The van der Waals surface area contributed by atoms with Gasteiger partial charge in [0.1, 0.15) is 5.69 Å². The van der Waals surface area contributed by atoms with Gasteiger partial charge >= 0.3 is 0 Å². The van der Waals surface area contributed by atoms with Crippen molar-refractivity contribution in [3.8, 4) is 0 Å². The number of aryl methyl sites for hydroxylation is 1. The number of benzene rings is 1. The van der Waals surface area contributed by atoms with Gasteiger partial charge in [-0.15, -0.1) is 0 Å². The van der Waals surface area contributed by atoms with Crippen molar-refractivity contribution in [1.82, 2.24) is 19.6 Å². The zero-order chi connectivity index (χ0) is 18.1. The molecule has 6 heteroatoms. The quantitative estimate of drug-likeness (QED) is 0.833. The molecule has 1 aromatic carbocycles. The summed E-state index contributed by atoms with van der Waals surface area (Å²) in [6.07, 6.45) is 3.38. The van der Waals surface area contributed by atoms with Crippen LogP contribution in [0.3, 0.4) is 0 Å². The Balaban J connectivity index is 1.57. The molecular weight excluding hydrogens is 328 g/mol. The lowest BCUT2D eigenvalue weighted by atomic mass is 10.0. The van der Waals surface area contributed by atoms with Gasteiger partial charge in [-0.1, -0.05) is 30.3 Å². The summed E-state index contributed by atoms with van der Waals surface area (Å²) in [7, 11) is 1.57. The SMILES string of the molecule is Cn1nc(C(=O)N2CCN(C3CC3)CC2Cc2ccccc2)ccc1=O. The van der Waals surface area contributed by atoms with E-state index in [1.165, 1.54) is 35.2 Å². The molecule has 0 bridgehead atoms. The molecule has 1 saturated carbocycles. The molecule has 1 saturated heterocycles. The van der Waals surface area contributed by atoms with Gasteiger partial charge in [-0.3, -0.25) is 14.5 Å². The fourth-order valence-corrected chi connectivity index (χ4v) is 3.74. The molecule has 2 aromatic rings. The molecule has 6 nitrogen and oxygen atoms in total. The minimum Gasteiger partial charge on any atom is -0.331 e. The van der Waals surface area contributed by atoms with Crippen molar-refractivity contribution in [2.24, 2.45) is 7.05 Å². The first-order chi connectivity index (χ1) is 12.6. The molecule has 136 valence electrons. The number of piperazine rings is 1. The van der Waals surface area contributed by atoms with Gasteiger partial charge in [0.2, 0.25) is 0 Å². The highest BCUT2D eigenvalue weighted by Gasteiger charge is 2.37. The molecule has 1 unspecified atom stereocenters. The Morgan fingerprint density at radius 1 is 1.12 bits per heavy atom. The summed E-state index contributed by atoms with van der Waals surface area (Å²) in [4.78, 5) is 29.1. The maximum absolute atomic E-state index is 13.1. The fourth-order valence-electron chi connectivity index (χ4n) is 3.74. The number of hydrogen-bond acceptors (Lipinski definition) is 4. The smallest absolute Gasteiger partial charge is 0.274 e. The minimum absolute atomic E-state index is 0.0861. The second-order valence-corrected chi connectivity index (χ2v) is 7.25. The number of rotatable bonds is 4. The van der Waals surface area contributed by atoms with Crippen molar-refractivity contribution in [2.45, 2.75) is 31.3 Å². The minimum atomic E-state index is -0.207. The fraction of sp³-hybridized carbons (Fsp3) is 0.450. The van der Waals surface area contributed by atoms with Crippen LogP contribution in [0, 0.1) is 0 Å². The van der Waals surface area contributed by atoms with Crippen LogP contribution in [-0.2, 0) is 13.5 Å². The zero-order valence-corrected chi connectivity index (χ0v) is 15.0. The number of nitrogens with zero attached hydrogens (tertiary/aromatic N) is 4. The van der Waals surface area contributed by atoms with Crippen LogP contribution in [0.1, 0.15) is 28.9 Å². The average Bonchev–Trinajstić information content (AvgIpc) is 3.49. The van der Waals surface area contributed by atoms with Gasteiger partial charge in [0.15, 0.2) is 0 Å². The number of hydrogen-bond donors (Lipinski definition) is 0. The Hall–Kier alpha value is -2.47. The van der Waals surface area contributed by atoms with Gasteiger partial charge in [0.25, 0.3) is 11.5 Å². The molecule has 26 heavy (non-hydrogen) atoms. The van der Waals surface area contributed by atoms with Crippen LogP contribution in [0.5, 0.6) is 0 Å². The van der Waals surface area contributed by atoms with E-state index in [1.54, 1.807) is 7.05 Å². The first-order valence-electron chi connectivity index (χ1n) is 9.25. The Morgan fingerprint density at radius 2 is 1.88 bits per heavy atom. The maximum atomic E-state index is 13.1. The first kappa shape index (κ1) is 17.0. The lowest BCUT2D eigenvalue weighted by molar-refractivity contribution is 0.0429. The largest absolute Gasteiger partial charge is 0.331 e. The third-order valence-corrected chi connectivity index (χ3v) is 5.33. The van der Waals surface area contributed by atoms with Gasteiger partial charge in [-0.05, 0) is 30.9 Å². The predicted octanol–water partition coefficient (Wildman–Crippen LogP) is 1.31. The molecule has 2 aliphatic rings. The summed E-state index contributed by atoms with van der Waals surface area (Å²) in [6, 6.07) is 14.1. The van der Waals surface area contributed by atoms with Crippen LogP contribution in [0.4, 0.5) is 0 Å². The highest BCUT2D eigenvalue weighted by molar-refractivity contribution is 5.92. The molecule has 1 aliphatic carbocycles. The van der Waals surface area contributed by atoms with Crippen LogP contribution >= 0.6 is 0 Å². The van der Waals surface area contributed by atoms with Crippen molar-refractivity contribution in [3.05, 3.63) is 64.1 Å². The van der Waals surface area contributed by atoms with E-state index >= 15 is 0 Å². The monoisotopic (exact) mass is 352 g/mol. The van der Waals surface area contributed by atoms with E-state index in [9.17, 15) is 9.59 Å². The Kier molecular flexibility index (Phi) is 4.59. The van der Waals surface area contributed by atoms with Gasteiger partial charge in [0.05, 0.1) is 0 Å². The van der Waals surface area contributed by atoms with E-state index in [-0.39, 0.29) is 17.5 Å². The van der Waals surface area contributed by atoms with Crippen LogP contribution in [0.15, 0.2) is 47.3 Å². The maximum Gasteiger partial charge on any atom is 0.274 e. The van der Waals surface area contributed by atoms with E-state index in [0.717, 1.165) is 19.5 Å². The molecule has 1 amide bonds. The standard InChI is InChI=1S/C20H24N4O2/c1-22-19(25)10-9-18(21-22)20(26)24-12-11-23(16-7-8-16)14-17(24)13-15-5-3-2-4-6-15/h2-6,9-10,16-17H,7-8,11-14H2,1H3. The Morgan fingerprint density at radius 3 is 2.58 bits per heavy atom. The first-order valence-corrected chi connectivity index (χ1v) is 9.25. The highest BCUT2D eigenvalue weighted by Crippen LogP contribution is 2.30. The summed E-state index contributed by atoms with van der Waals surface area (Å²) in [6.45, 7) is 2.52. The predicted molar refractivity (Wildman–Crippen MR) is 99.0 cm³/mol. The second kappa shape index (κ2) is 7.03. The summed E-state index contributed by atoms with van der Waals surface area (Å²) in [5.74, 6) is -0.0861. The van der Waals surface area contributed by atoms with Crippen molar-refractivity contribution in [2.75, 3.05) is 19.6 Å². The summed E-state index contributed by atoms with van der Waals surface area (Å²) >= 11 is 0. The van der Waals surface area contributed by atoms with Crippen molar-refractivity contribution < 1.29 is 4.79 Å². The van der Waals surface area contributed by atoms with Gasteiger partial charge in [-0.2, -0.15) is 5.10 Å². The van der Waals surface area contributed by atoms with Crippen molar-refractivity contribution >= 4 is 5.91 Å². The lowest BCUT2D eigenvalue weighted by Crippen LogP contribution is -2.56. The number of carbonyl (C=O) groups excluding carboxylic acids is 1. The van der Waals surface area contributed by atoms with Crippen molar-refractivity contribution in [1.29, 1.82) is 0 Å². The van der Waals surface area contributed by atoms with E-state index in [0.29, 0.717) is 18.3 Å². The van der Waals surface area contributed by atoms with Crippen LogP contribution in [0.25, 0.3) is 0 Å². The van der Waals surface area contributed by atoms with Crippen LogP contribution in [-0.4, -0.2) is 57.2 Å². The zero-order valence-electron chi connectivity index (χ0n) is 15.0. The Bertz CT molecular complexity index is 844. The van der Waals surface area contributed by atoms with Gasteiger partial charge in [0, 0.05) is 44.8 Å². The normalized spacial score (nSPS) is 21.0. The van der Waals surface area contributed by atoms with E-state index in [2.05, 4.69) is 22.1 Å². The number of amides is 1. The van der Waals surface area contributed by atoms with E-state index < -0.39 is 0 Å². The summed E-state index contributed by atoms with van der Waals surface area (Å²) in [5.41, 5.74) is 1.37. The molecule has 1 aromatic heterocycles. The molecule has 4 rings (SSSR count).